The highest BCUT2D eigenvalue weighted by Gasteiger charge is 2.07. The molecule has 0 aromatic heterocycles. The van der Waals surface area contributed by atoms with Crippen molar-refractivity contribution in [2.45, 2.75) is 19.8 Å². The van der Waals surface area contributed by atoms with Gasteiger partial charge in [0, 0.05) is 6.42 Å². The van der Waals surface area contributed by atoms with Crippen LogP contribution in [0.25, 0.3) is 0 Å². The quantitative estimate of drug-likeness (QED) is 0.839. The third kappa shape index (κ3) is 3.82. The molecule has 2 aromatic rings. The number of nitrogens with one attached hydrogen (secondary N) is 1. The molecule has 0 atom stereocenters. The largest absolute Gasteiger partial charge is 0.506 e. The fourth-order valence-electron chi connectivity index (χ4n) is 1.87. The van der Waals surface area contributed by atoms with Crippen molar-refractivity contribution in [3.8, 4) is 5.75 Å². The number of hydrogen-bond donors (Lipinski definition) is 2. The lowest BCUT2D eigenvalue weighted by Gasteiger charge is -2.08. The number of carbonyl (C=O) groups excluding carboxylic acids is 1. The van der Waals surface area contributed by atoms with E-state index in [1.54, 1.807) is 30.3 Å². The maximum Gasteiger partial charge on any atom is 0.224 e. The molecule has 0 spiro atoms. The van der Waals surface area contributed by atoms with Crippen molar-refractivity contribution in [3.05, 3.63) is 59.4 Å². The van der Waals surface area contributed by atoms with Crippen LogP contribution in [0.5, 0.6) is 5.75 Å². The van der Waals surface area contributed by atoms with Crippen molar-refractivity contribution in [1.82, 2.24) is 0 Å². The molecule has 0 aliphatic rings. The van der Waals surface area contributed by atoms with Crippen LogP contribution in [0.3, 0.4) is 0 Å². The van der Waals surface area contributed by atoms with E-state index in [1.165, 1.54) is 12.1 Å². The van der Waals surface area contributed by atoms with Crippen molar-refractivity contribution in [2.75, 3.05) is 5.32 Å². The molecule has 4 heteroatoms. The fraction of sp³-hybridized carbons (Fsp3) is 0.188. The topological polar surface area (TPSA) is 49.3 Å². The number of amides is 1. The van der Waals surface area contributed by atoms with Crippen molar-refractivity contribution >= 4 is 11.6 Å². The summed E-state index contributed by atoms with van der Waals surface area (Å²) in [6.45, 7) is 1.88. The normalized spacial score (nSPS) is 10.3. The number of hydrogen-bond acceptors (Lipinski definition) is 2. The number of phenols is 1. The Hall–Kier alpha value is -2.36. The van der Waals surface area contributed by atoms with Gasteiger partial charge in [0.25, 0.3) is 0 Å². The van der Waals surface area contributed by atoms with Gasteiger partial charge in [-0.1, -0.05) is 18.2 Å². The van der Waals surface area contributed by atoms with Gasteiger partial charge in [-0.05, 0) is 48.7 Å². The molecule has 0 saturated heterocycles. The van der Waals surface area contributed by atoms with Gasteiger partial charge in [0.15, 0.2) is 0 Å². The lowest BCUT2D eigenvalue weighted by molar-refractivity contribution is -0.116. The first-order chi connectivity index (χ1) is 9.54. The lowest BCUT2D eigenvalue weighted by Crippen LogP contribution is -2.12. The van der Waals surface area contributed by atoms with E-state index in [0.717, 1.165) is 11.1 Å². The van der Waals surface area contributed by atoms with Gasteiger partial charge in [-0.3, -0.25) is 4.79 Å². The van der Waals surface area contributed by atoms with Crippen LogP contribution in [0.4, 0.5) is 10.1 Å². The predicted octanol–water partition coefficient (Wildman–Crippen LogP) is 3.41. The fourth-order valence-corrected chi connectivity index (χ4v) is 1.87. The zero-order chi connectivity index (χ0) is 14.5. The van der Waals surface area contributed by atoms with Gasteiger partial charge < -0.3 is 10.4 Å². The Morgan fingerprint density at radius 3 is 2.60 bits per heavy atom. The summed E-state index contributed by atoms with van der Waals surface area (Å²) in [6.07, 6.45) is 0.803. The van der Waals surface area contributed by atoms with E-state index in [-0.39, 0.29) is 23.9 Å². The Morgan fingerprint density at radius 2 is 1.90 bits per heavy atom. The number of aromatic hydroxyl groups is 1. The molecule has 0 radical (unpaired) electrons. The van der Waals surface area contributed by atoms with Gasteiger partial charge in [-0.15, -0.1) is 0 Å². The first-order valence-electron chi connectivity index (χ1n) is 6.38. The molecule has 1 amide bonds. The van der Waals surface area contributed by atoms with Gasteiger partial charge in [0.05, 0.1) is 5.69 Å². The van der Waals surface area contributed by atoms with Gasteiger partial charge in [-0.2, -0.15) is 0 Å². The van der Waals surface area contributed by atoms with Crippen LogP contribution >= 0.6 is 0 Å². The Kier molecular flexibility index (Phi) is 4.35. The highest BCUT2D eigenvalue weighted by atomic mass is 19.1. The average molecular weight is 273 g/mol. The van der Waals surface area contributed by atoms with Crippen LogP contribution in [-0.4, -0.2) is 11.0 Å². The van der Waals surface area contributed by atoms with E-state index >= 15 is 0 Å². The van der Waals surface area contributed by atoms with Crippen molar-refractivity contribution in [2.24, 2.45) is 0 Å². The summed E-state index contributed by atoms with van der Waals surface area (Å²) < 4.78 is 12.7. The smallest absolute Gasteiger partial charge is 0.224 e. The minimum Gasteiger partial charge on any atom is -0.506 e. The number of rotatable bonds is 4. The highest BCUT2D eigenvalue weighted by Crippen LogP contribution is 2.24. The van der Waals surface area contributed by atoms with E-state index in [9.17, 15) is 14.3 Å². The van der Waals surface area contributed by atoms with Gasteiger partial charge in [-0.25, -0.2) is 4.39 Å². The Morgan fingerprint density at radius 1 is 1.20 bits per heavy atom. The van der Waals surface area contributed by atoms with Gasteiger partial charge in [0.2, 0.25) is 5.91 Å². The summed E-state index contributed by atoms with van der Waals surface area (Å²) in [7, 11) is 0. The second kappa shape index (κ2) is 6.19. The predicted molar refractivity (Wildman–Crippen MR) is 76.2 cm³/mol. The summed E-state index contributed by atoms with van der Waals surface area (Å²) in [5.74, 6) is -0.427. The number of anilines is 1. The maximum absolute atomic E-state index is 12.7. The standard InChI is InChI=1S/C16H16FNO2/c1-11-2-8-15(19)14(10-11)18-16(20)9-5-12-3-6-13(17)7-4-12/h2-4,6-8,10,19H,5,9H2,1H3,(H,18,20). The molecule has 0 unspecified atom stereocenters. The van der Waals surface area contributed by atoms with Crippen LogP contribution in [0.1, 0.15) is 17.5 Å². The molecule has 3 nitrogen and oxygen atoms in total. The molecular weight excluding hydrogens is 257 g/mol. The van der Waals surface area contributed by atoms with E-state index in [4.69, 9.17) is 0 Å². The monoisotopic (exact) mass is 273 g/mol. The molecule has 0 aliphatic heterocycles. The Bertz CT molecular complexity index is 608. The molecule has 2 aromatic carbocycles. The Labute approximate surface area is 117 Å². The molecule has 0 aliphatic carbocycles. The molecule has 104 valence electrons. The highest BCUT2D eigenvalue weighted by molar-refractivity contribution is 5.92. The van der Waals surface area contributed by atoms with Gasteiger partial charge in [0.1, 0.15) is 11.6 Å². The molecule has 2 N–H and O–H groups in total. The number of aryl methyl sites for hydroxylation is 2. The third-order valence-corrected chi connectivity index (χ3v) is 2.98. The lowest BCUT2D eigenvalue weighted by atomic mass is 10.1. The first-order valence-corrected chi connectivity index (χ1v) is 6.38. The summed E-state index contributed by atoms with van der Waals surface area (Å²) in [6, 6.07) is 11.1. The number of phenolic OH excluding ortho intramolecular Hbond substituents is 1. The molecule has 0 saturated carbocycles. The number of halogens is 1. The SMILES string of the molecule is Cc1ccc(O)c(NC(=O)CCc2ccc(F)cc2)c1. The van der Waals surface area contributed by atoms with Gasteiger partial charge >= 0.3 is 0 Å². The number of carbonyl (C=O) groups is 1. The minimum absolute atomic E-state index is 0.0470. The second-order valence-corrected chi connectivity index (χ2v) is 4.70. The second-order valence-electron chi connectivity index (χ2n) is 4.70. The van der Waals surface area contributed by atoms with E-state index in [1.807, 2.05) is 6.92 Å². The summed E-state index contributed by atoms with van der Waals surface area (Å²) in [4.78, 5) is 11.8. The molecule has 0 heterocycles. The summed E-state index contributed by atoms with van der Waals surface area (Å²) in [5.41, 5.74) is 2.26. The van der Waals surface area contributed by atoms with Crippen LogP contribution < -0.4 is 5.32 Å². The van der Waals surface area contributed by atoms with Crippen molar-refractivity contribution in [1.29, 1.82) is 0 Å². The summed E-state index contributed by atoms with van der Waals surface area (Å²) >= 11 is 0. The van der Waals surface area contributed by atoms with Crippen LogP contribution in [-0.2, 0) is 11.2 Å². The molecule has 0 bridgehead atoms. The zero-order valence-electron chi connectivity index (χ0n) is 11.2. The zero-order valence-corrected chi connectivity index (χ0v) is 11.2. The molecule has 2 rings (SSSR count). The van der Waals surface area contributed by atoms with Crippen molar-refractivity contribution < 1.29 is 14.3 Å². The van der Waals surface area contributed by atoms with Crippen LogP contribution in [0, 0.1) is 12.7 Å². The Balaban J connectivity index is 1.92. The maximum atomic E-state index is 12.7. The third-order valence-electron chi connectivity index (χ3n) is 2.98. The molecule has 20 heavy (non-hydrogen) atoms. The van der Waals surface area contributed by atoms with Crippen LogP contribution in [0.2, 0.25) is 0 Å². The number of benzene rings is 2. The first kappa shape index (κ1) is 14.1. The van der Waals surface area contributed by atoms with Crippen molar-refractivity contribution in [3.63, 3.8) is 0 Å². The summed E-state index contributed by atoms with van der Waals surface area (Å²) in [5, 5.41) is 12.3. The molecular formula is C16H16FNO2. The van der Waals surface area contributed by atoms with E-state index in [2.05, 4.69) is 5.32 Å². The van der Waals surface area contributed by atoms with E-state index in [0.29, 0.717) is 12.1 Å². The minimum atomic E-state index is -0.289. The average Bonchev–Trinajstić information content (AvgIpc) is 2.42. The molecule has 0 fully saturated rings. The van der Waals surface area contributed by atoms with Crippen LogP contribution in [0.15, 0.2) is 42.5 Å². The van der Waals surface area contributed by atoms with E-state index < -0.39 is 0 Å².